The summed E-state index contributed by atoms with van der Waals surface area (Å²) in [6, 6.07) is 0.960. The van der Waals surface area contributed by atoms with Gasteiger partial charge in [0.15, 0.2) is 0 Å². The molecule has 0 radical (unpaired) electrons. The minimum atomic E-state index is 0.0975. The Balaban J connectivity index is 1.83. The number of hydrogen-bond donors (Lipinski definition) is 2. The third kappa shape index (κ3) is 3.66. The van der Waals surface area contributed by atoms with E-state index in [-0.39, 0.29) is 6.61 Å². The lowest BCUT2D eigenvalue weighted by Crippen LogP contribution is -2.29. The quantitative estimate of drug-likeness (QED) is 0.590. The van der Waals surface area contributed by atoms with Crippen LogP contribution in [0.5, 0.6) is 0 Å². The molecule has 1 aliphatic carbocycles. The van der Waals surface area contributed by atoms with E-state index in [2.05, 4.69) is 15.5 Å². The van der Waals surface area contributed by atoms with Gasteiger partial charge in [0.25, 0.3) is 0 Å². The molecule has 0 spiro atoms. The zero-order chi connectivity index (χ0) is 12.8. The number of methoxy groups -OCH3 is 1. The molecule has 18 heavy (non-hydrogen) atoms. The van der Waals surface area contributed by atoms with Gasteiger partial charge in [0.05, 0.1) is 19.8 Å². The van der Waals surface area contributed by atoms with Crippen LogP contribution in [0.3, 0.4) is 0 Å². The first-order valence-corrected chi connectivity index (χ1v) is 6.24. The van der Waals surface area contributed by atoms with Gasteiger partial charge in [0.2, 0.25) is 5.89 Å². The molecule has 1 saturated carbocycles. The highest BCUT2D eigenvalue weighted by atomic mass is 16.5. The molecular weight excluding hydrogens is 236 g/mol. The van der Waals surface area contributed by atoms with Crippen molar-refractivity contribution in [1.29, 1.82) is 0 Å². The Labute approximate surface area is 106 Å². The number of nitrogens with one attached hydrogen (secondary N) is 1. The summed E-state index contributed by atoms with van der Waals surface area (Å²) in [4.78, 5) is 1.98. The normalized spacial score (nSPS) is 15.0. The Hall–Kier alpha value is -1.18. The van der Waals surface area contributed by atoms with E-state index in [9.17, 15) is 0 Å². The predicted molar refractivity (Wildman–Crippen MR) is 65.3 cm³/mol. The number of ether oxygens (including phenoxy) is 1. The summed E-state index contributed by atoms with van der Waals surface area (Å²) in [6.45, 7) is 2.58. The molecule has 7 nitrogen and oxygen atoms in total. The Morgan fingerprint density at radius 2 is 2.33 bits per heavy atom. The van der Waals surface area contributed by atoms with Gasteiger partial charge >= 0.3 is 6.01 Å². The highest BCUT2D eigenvalue weighted by Gasteiger charge is 2.31. The van der Waals surface area contributed by atoms with Gasteiger partial charge in [-0.25, -0.2) is 0 Å². The molecule has 1 aliphatic rings. The molecule has 7 heteroatoms. The van der Waals surface area contributed by atoms with Crippen LogP contribution in [-0.4, -0.2) is 54.8 Å². The van der Waals surface area contributed by atoms with Crippen LogP contribution in [0.25, 0.3) is 0 Å². The molecule has 2 N–H and O–H groups in total. The second-order valence-electron chi connectivity index (χ2n) is 4.30. The van der Waals surface area contributed by atoms with Gasteiger partial charge in [-0.05, 0) is 12.8 Å². The lowest BCUT2D eigenvalue weighted by molar-refractivity contribution is 0.198. The fourth-order valence-corrected chi connectivity index (χ4v) is 1.73. The van der Waals surface area contributed by atoms with Crippen molar-refractivity contribution in [2.24, 2.45) is 0 Å². The fraction of sp³-hybridized carbons (Fsp3) is 0.818. The van der Waals surface area contributed by atoms with Gasteiger partial charge in [-0.2, -0.15) is 0 Å². The molecule has 1 fully saturated rings. The molecule has 1 aromatic heterocycles. The fourth-order valence-electron chi connectivity index (χ4n) is 1.73. The molecule has 0 saturated heterocycles. The zero-order valence-corrected chi connectivity index (χ0v) is 10.6. The highest BCUT2D eigenvalue weighted by molar-refractivity contribution is 5.29. The van der Waals surface area contributed by atoms with Crippen molar-refractivity contribution in [3.8, 4) is 0 Å². The summed E-state index contributed by atoms with van der Waals surface area (Å²) in [6.07, 6.45) is 2.26. The van der Waals surface area contributed by atoms with Crippen LogP contribution >= 0.6 is 0 Å². The Morgan fingerprint density at radius 3 is 3.00 bits per heavy atom. The molecule has 0 aliphatic heterocycles. The van der Waals surface area contributed by atoms with Crippen molar-refractivity contribution in [1.82, 2.24) is 15.5 Å². The van der Waals surface area contributed by atoms with Crippen molar-refractivity contribution < 1.29 is 14.3 Å². The van der Waals surface area contributed by atoms with Gasteiger partial charge < -0.3 is 24.5 Å². The molecule has 0 amide bonds. The SMILES string of the molecule is COCCNCc1nnc(N(CCO)C2CC2)o1. The van der Waals surface area contributed by atoms with Crippen LogP contribution in [0.4, 0.5) is 6.01 Å². The van der Waals surface area contributed by atoms with Crippen molar-refractivity contribution in [2.75, 3.05) is 38.3 Å². The lowest BCUT2D eigenvalue weighted by atomic mass is 10.5. The lowest BCUT2D eigenvalue weighted by Gasteiger charge is -2.17. The summed E-state index contributed by atoms with van der Waals surface area (Å²) in [5.74, 6) is 0.560. The highest BCUT2D eigenvalue weighted by Crippen LogP contribution is 2.30. The first-order chi connectivity index (χ1) is 8.85. The van der Waals surface area contributed by atoms with E-state index < -0.39 is 0 Å². The average Bonchev–Trinajstić information content (AvgIpc) is 3.11. The summed E-state index contributed by atoms with van der Waals surface area (Å²) in [5.41, 5.74) is 0. The summed E-state index contributed by atoms with van der Waals surface area (Å²) in [7, 11) is 1.66. The standard InChI is InChI=1S/C11H20N4O3/c1-17-7-4-12-8-10-13-14-11(18-10)15(5-6-16)9-2-3-9/h9,12,16H,2-8H2,1H3. The maximum atomic E-state index is 9.02. The molecule has 102 valence electrons. The van der Waals surface area contributed by atoms with Gasteiger partial charge in [0.1, 0.15) is 0 Å². The molecule has 0 bridgehead atoms. The van der Waals surface area contributed by atoms with E-state index in [4.69, 9.17) is 14.3 Å². The summed E-state index contributed by atoms with van der Waals surface area (Å²) < 4.78 is 10.5. The van der Waals surface area contributed by atoms with E-state index in [0.29, 0.717) is 37.6 Å². The number of aliphatic hydroxyl groups excluding tert-OH is 1. The van der Waals surface area contributed by atoms with Gasteiger partial charge in [0, 0.05) is 26.2 Å². The van der Waals surface area contributed by atoms with E-state index in [1.54, 1.807) is 7.11 Å². The number of aromatic nitrogens is 2. The van der Waals surface area contributed by atoms with E-state index in [0.717, 1.165) is 19.4 Å². The van der Waals surface area contributed by atoms with Crippen molar-refractivity contribution in [2.45, 2.75) is 25.4 Å². The molecule has 1 aromatic rings. The largest absolute Gasteiger partial charge is 0.407 e. The van der Waals surface area contributed by atoms with Crippen molar-refractivity contribution >= 4 is 6.01 Å². The predicted octanol–water partition coefficient (Wildman–Crippen LogP) is -0.233. The third-order valence-electron chi connectivity index (χ3n) is 2.79. The maximum Gasteiger partial charge on any atom is 0.318 e. The summed E-state index contributed by atoms with van der Waals surface area (Å²) >= 11 is 0. The van der Waals surface area contributed by atoms with Crippen LogP contribution in [0.1, 0.15) is 18.7 Å². The number of aliphatic hydroxyl groups is 1. The second-order valence-corrected chi connectivity index (χ2v) is 4.30. The third-order valence-corrected chi connectivity index (χ3v) is 2.79. The summed E-state index contributed by atoms with van der Waals surface area (Å²) in [5, 5.41) is 20.2. The van der Waals surface area contributed by atoms with Crippen molar-refractivity contribution in [3.05, 3.63) is 5.89 Å². The minimum Gasteiger partial charge on any atom is -0.407 e. The average molecular weight is 256 g/mol. The zero-order valence-electron chi connectivity index (χ0n) is 10.6. The molecule has 0 aromatic carbocycles. The maximum absolute atomic E-state index is 9.02. The van der Waals surface area contributed by atoms with Crippen LogP contribution in [-0.2, 0) is 11.3 Å². The molecule has 0 atom stereocenters. The van der Waals surface area contributed by atoms with Gasteiger partial charge in [-0.15, -0.1) is 5.10 Å². The first-order valence-electron chi connectivity index (χ1n) is 6.24. The van der Waals surface area contributed by atoms with E-state index >= 15 is 0 Å². The monoisotopic (exact) mass is 256 g/mol. The smallest absolute Gasteiger partial charge is 0.318 e. The Kier molecular flexibility index (Phi) is 4.91. The molecule has 2 rings (SSSR count). The Bertz CT molecular complexity index is 354. The van der Waals surface area contributed by atoms with Crippen LogP contribution in [0.15, 0.2) is 4.42 Å². The Morgan fingerprint density at radius 1 is 1.50 bits per heavy atom. The van der Waals surface area contributed by atoms with Crippen LogP contribution < -0.4 is 10.2 Å². The molecule has 0 unspecified atom stereocenters. The minimum absolute atomic E-state index is 0.0975. The van der Waals surface area contributed by atoms with Crippen LogP contribution in [0, 0.1) is 0 Å². The molecular formula is C11H20N4O3. The first kappa shape index (κ1) is 13.3. The number of rotatable bonds is 9. The van der Waals surface area contributed by atoms with Gasteiger partial charge in [-0.3, -0.25) is 0 Å². The topological polar surface area (TPSA) is 83.7 Å². The van der Waals surface area contributed by atoms with E-state index in [1.165, 1.54) is 0 Å². The number of nitrogens with zero attached hydrogens (tertiary/aromatic N) is 3. The second kappa shape index (κ2) is 6.67. The van der Waals surface area contributed by atoms with E-state index in [1.807, 2.05) is 4.90 Å². The van der Waals surface area contributed by atoms with Crippen LogP contribution in [0.2, 0.25) is 0 Å². The number of anilines is 1. The number of hydrogen-bond acceptors (Lipinski definition) is 7. The van der Waals surface area contributed by atoms with Gasteiger partial charge in [-0.1, -0.05) is 5.10 Å². The van der Waals surface area contributed by atoms with Crippen molar-refractivity contribution in [3.63, 3.8) is 0 Å². The molecule has 1 heterocycles.